The van der Waals surface area contributed by atoms with E-state index in [1.807, 2.05) is 47.4 Å². The number of amides is 1. The van der Waals surface area contributed by atoms with Gasteiger partial charge in [-0.1, -0.05) is 12.1 Å². The van der Waals surface area contributed by atoms with E-state index in [2.05, 4.69) is 49.6 Å². The number of aromatic nitrogens is 2. The van der Waals surface area contributed by atoms with Gasteiger partial charge in [-0.05, 0) is 49.5 Å². The van der Waals surface area contributed by atoms with Crippen LogP contribution in [0.15, 0.2) is 60.8 Å². The molecule has 5 rings (SSSR count). The Kier molecular flexibility index (Phi) is 5.13. The molecule has 1 fully saturated rings. The van der Waals surface area contributed by atoms with Gasteiger partial charge in [-0.15, -0.1) is 0 Å². The number of hydrogen-bond acceptors (Lipinski definition) is 7. The first-order chi connectivity index (χ1) is 15.2. The maximum atomic E-state index is 12.1. The quantitative estimate of drug-likeness (QED) is 0.678. The monoisotopic (exact) mass is 415 g/mol. The summed E-state index contributed by atoms with van der Waals surface area (Å²) in [6, 6.07) is 17.9. The number of fused-ring (bicyclic) bond motifs is 1. The minimum absolute atomic E-state index is 0.0636. The second kappa shape index (κ2) is 8.23. The lowest BCUT2D eigenvalue weighted by Gasteiger charge is -2.34. The van der Waals surface area contributed by atoms with E-state index >= 15 is 0 Å². The van der Waals surface area contributed by atoms with Crippen LogP contribution in [0, 0.1) is 0 Å². The molecule has 3 heterocycles. The molecule has 1 saturated heterocycles. The van der Waals surface area contributed by atoms with E-state index in [9.17, 15) is 4.79 Å². The third-order valence-electron chi connectivity index (χ3n) is 5.68. The smallest absolute Gasteiger partial charge is 0.244 e. The molecule has 1 aromatic heterocycles. The Labute approximate surface area is 181 Å². The molecule has 2 N–H and O–H groups in total. The largest absolute Gasteiger partial charge is 0.369 e. The van der Waals surface area contributed by atoms with Gasteiger partial charge in [-0.2, -0.15) is 4.98 Å². The standard InChI is InChI=1S/C23H25N7O/c1-28-12-14-29(15-13-28)18-8-6-17(7-9-18)25-23-24-11-10-21(27-23)30-16-22(31)26-19-4-2-3-5-20(19)30/h2-11H,12-16H2,1H3,(H,26,31)(H,24,25,27). The number of hydrogen-bond donors (Lipinski definition) is 2. The molecule has 158 valence electrons. The van der Waals surface area contributed by atoms with Gasteiger partial charge in [0.1, 0.15) is 12.4 Å². The number of piperazine rings is 1. The van der Waals surface area contributed by atoms with E-state index < -0.39 is 0 Å². The van der Waals surface area contributed by atoms with E-state index in [4.69, 9.17) is 0 Å². The molecular formula is C23H25N7O. The van der Waals surface area contributed by atoms with E-state index in [1.54, 1.807) is 6.20 Å². The summed E-state index contributed by atoms with van der Waals surface area (Å²) in [5.41, 5.74) is 3.85. The molecule has 0 unspecified atom stereocenters. The number of benzene rings is 2. The average Bonchev–Trinajstić information content (AvgIpc) is 2.80. The van der Waals surface area contributed by atoms with Gasteiger partial charge >= 0.3 is 0 Å². The Morgan fingerprint density at radius 1 is 0.968 bits per heavy atom. The molecule has 2 aromatic carbocycles. The van der Waals surface area contributed by atoms with Gasteiger partial charge in [-0.3, -0.25) is 4.79 Å². The van der Waals surface area contributed by atoms with Crippen LogP contribution in [-0.2, 0) is 4.79 Å². The van der Waals surface area contributed by atoms with Gasteiger partial charge in [0, 0.05) is 43.8 Å². The molecule has 8 heteroatoms. The van der Waals surface area contributed by atoms with Crippen LogP contribution in [0.5, 0.6) is 0 Å². The highest BCUT2D eigenvalue weighted by molar-refractivity contribution is 6.02. The predicted octanol–water partition coefficient (Wildman–Crippen LogP) is 3.06. The van der Waals surface area contributed by atoms with Gasteiger partial charge in [-0.25, -0.2) is 4.98 Å². The molecule has 31 heavy (non-hydrogen) atoms. The zero-order chi connectivity index (χ0) is 21.2. The van der Waals surface area contributed by atoms with Crippen LogP contribution < -0.4 is 20.4 Å². The fourth-order valence-corrected chi connectivity index (χ4v) is 3.95. The summed E-state index contributed by atoms with van der Waals surface area (Å²) in [6.07, 6.45) is 1.71. The molecule has 0 bridgehead atoms. The first-order valence-electron chi connectivity index (χ1n) is 10.5. The van der Waals surface area contributed by atoms with E-state index in [1.165, 1.54) is 5.69 Å². The van der Waals surface area contributed by atoms with Crippen molar-refractivity contribution >= 4 is 40.4 Å². The van der Waals surface area contributed by atoms with Crippen molar-refractivity contribution < 1.29 is 4.79 Å². The van der Waals surface area contributed by atoms with Gasteiger partial charge in [0.2, 0.25) is 11.9 Å². The second-order valence-corrected chi connectivity index (χ2v) is 7.85. The number of para-hydroxylation sites is 2. The van der Waals surface area contributed by atoms with Crippen LogP contribution in [0.2, 0.25) is 0 Å². The van der Waals surface area contributed by atoms with Gasteiger partial charge in [0.15, 0.2) is 0 Å². The van der Waals surface area contributed by atoms with Crippen LogP contribution in [-0.4, -0.2) is 60.5 Å². The summed E-state index contributed by atoms with van der Waals surface area (Å²) < 4.78 is 0. The summed E-state index contributed by atoms with van der Waals surface area (Å²) in [7, 11) is 2.16. The number of anilines is 6. The highest BCUT2D eigenvalue weighted by Crippen LogP contribution is 2.34. The molecule has 0 radical (unpaired) electrons. The Morgan fingerprint density at radius 3 is 2.55 bits per heavy atom. The van der Waals surface area contributed by atoms with Crippen molar-refractivity contribution in [1.82, 2.24) is 14.9 Å². The number of rotatable bonds is 4. The molecule has 2 aliphatic rings. The number of nitrogens with one attached hydrogen (secondary N) is 2. The first-order valence-corrected chi connectivity index (χ1v) is 10.5. The van der Waals surface area contributed by atoms with Crippen molar-refractivity contribution in [1.29, 1.82) is 0 Å². The van der Waals surface area contributed by atoms with Crippen molar-refractivity contribution in [3.8, 4) is 0 Å². The Morgan fingerprint density at radius 2 is 1.74 bits per heavy atom. The van der Waals surface area contributed by atoms with Crippen molar-refractivity contribution in [2.75, 3.05) is 60.2 Å². The third kappa shape index (κ3) is 4.15. The second-order valence-electron chi connectivity index (χ2n) is 7.85. The molecule has 0 saturated carbocycles. The topological polar surface area (TPSA) is 76.6 Å². The molecule has 2 aliphatic heterocycles. The Hall–Kier alpha value is -3.65. The predicted molar refractivity (Wildman–Crippen MR) is 124 cm³/mol. The maximum absolute atomic E-state index is 12.1. The van der Waals surface area contributed by atoms with Crippen molar-refractivity contribution in [3.05, 3.63) is 60.8 Å². The molecular weight excluding hydrogens is 390 g/mol. The van der Waals surface area contributed by atoms with Gasteiger partial charge in [0.25, 0.3) is 0 Å². The minimum Gasteiger partial charge on any atom is -0.369 e. The summed E-state index contributed by atoms with van der Waals surface area (Å²) in [5, 5.41) is 6.18. The van der Waals surface area contributed by atoms with Crippen LogP contribution in [0.1, 0.15) is 0 Å². The SMILES string of the molecule is CN1CCN(c2ccc(Nc3nccc(N4CC(=O)Nc5ccccc54)n3)cc2)CC1. The van der Waals surface area contributed by atoms with Crippen molar-refractivity contribution in [2.45, 2.75) is 0 Å². The number of carbonyl (C=O) groups excluding carboxylic acids is 1. The lowest BCUT2D eigenvalue weighted by Crippen LogP contribution is -2.44. The summed E-state index contributed by atoms with van der Waals surface area (Å²) in [4.78, 5) is 27.8. The van der Waals surface area contributed by atoms with Crippen LogP contribution >= 0.6 is 0 Å². The Balaban J connectivity index is 1.33. The molecule has 1 amide bonds. The first kappa shape index (κ1) is 19.3. The number of nitrogens with zero attached hydrogens (tertiary/aromatic N) is 5. The molecule has 0 aliphatic carbocycles. The zero-order valence-electron chi connectivity index (χ0n) is 17.5. The third-order valence-corrected chi connectivity index (χ3v) is 5.68. The van der Waals surface area contributed by atoms with Gasteiger partial charge < -0.3 is 25.3 Å². The van der Waals surface area contributed by atoms with Crippen molar-refractivity contribution in [2.24, 2.45) is 0 Å². The van der Waals surface area contributed by atoms with E-state index in [0.29, 0.717) is 11.8 Å². The van der Waals surface area contributed by atoms with E-state index in [-0.39, 0.29) is 12.5 Å². The molecule has 0 spiro atoms. The zero-order valence-corrected chi connectivity index (χ0v) is 17.5. The highest BCUT2D eigenvalue weighted by atomic mass is 16.2. The average molecular weight is 416 g/mol. The summed E-state index contributed by atoms with van der Waals surface area (Å²) in [5.74, 6) is 1.11. The van der Waals surface area contributed by atoms with Crippen LogP contribution in [0.25, 0.3) is 0 Å². The number of likely N-dealkylation sites (N-methyl/N-ethyl adjacent to an activating group) is 1. The summed E-state index contributed by atoms with van der Waals surface area (Å²) in [6.45, 7) is 4.46. The lowest BCUT2D eigenvalue weighted by atomic mass is 10.2. The van der Waals surface area contributed by atoms with Gasteiger partial charge in [0.05, 0.1) is 11.4 Å². The fourth-order valence-electron chi connectivity index (χ4n) is 3.95. The minimum atomic E-state index is -0.0636. The van der Waals surface area contributed by atoms with Crippen LogP contribution in [0.4, 0.5) is 34.5 Å². The lowest BCUT2D eigenvalue weighted by molar-refractivity contribution is -0.115. The number of carbonyl (C=O) groups is 1. The van der Waals surface area contributed by atoms with Crippen molar-refractivity contribution in [3.63, 3.8) is 0 Å². The maximum Gasteiger partial charge on any atom is 0.244 e. The molecule has 8 nitrogen and oxygen atoms in total. The normalized spacial score (nSPS) is 16.6. The molecule has 3 aromatic rings. The fraction of sp³-hybridized carbons (Fsp3) is 0.261. The highest BCUT2D eigenvalue weighted by Gasteiger charge is 2.24. The Bertz CT molecular complexity index is 1080. The summed E-state index contributed by atoms with van der Waals surface area (Å²) >= 11 is 0. The van der Waals surface area contributed by atoms with Crippen LogP contribution in [0.3, 0.4) is 0 Å². The van der Waals surface area contributed by atoms with E-state index in [0.717, 1.165) is 43.2 Å². The molecule has 0 atom stereocenters.